The van der Waals surface area contributed by atoms with E-state index >= 15 is 0 Å². The number of benzene rings is 2. The Balaban J connectivity index is 0.958. The lowest BCUT2D eigenvalue weighted by Gasteiger charge is -2.29. The van der Waals surface area contributed by atoms with Crippen LogP contribution in [0.15, 0.2) is 58.5 Å². The van der Waals surface area contributed by atoms with E-state index in [4.69, 9.17) is 19.5 Å². The molecule has 278 valence electrons. The lowest BCUT2D eigenvalue weighted by Crippen LogP contribution is -2.46. The molecule has 0 bridgehead atoms. The van der Waals surface area contributed by atoms with Gasteiger partial charge in [-0.1, -0.05) is 48.5 Å². The zero-order valence-corrected chi connectivity index (χ0v) is 31.2. The molecule has 2 fully saturated rings. The fourth-order valence-corrected chi connectivity index (χ4v) is 7.20. The number of carbonyl (C=O) groups excluding carboxylic acids is 4. The Morgan fingerprint density at radius 3 is 1.35 bits per heavy atom. The SMILES string of the molecule is CC(C)(C)OC(=O)N1CCCC1C1=NCC(c2ccc(C(=O)CCC(=O)c3ccc(C4CN=C(C5CCCN5C(=O)OC(C)(C)C)N4)cc3)cc2)N1. The van der Waals surface area contributed by atoms with Crippen LogP contribution in [0.2, 0.25) is 0 Å². The Morgan fingerprint density at radius 2 is 1.00 bits per heavy atom. The maximum absolute atomic E-state index is 13.0. The van der Waals surface area contributed by atoms with E-state index in [0.717, 1.165) is 48.5 Å². The van der Waals surface area contributed by atoms with E-state index < -0.39 is 11.2 Å². The van der Waals surface area contributed by atoms with Crippen LogP contribution in [-0.2, 0) is 9.47 Å². The van der Waals surface area contributed by atoms with Crippen LogP contribution in [0.5, 0.6) is 0 Å². The molecule has 4 heterocycles. The highest BCUT2D eigenvalue weighted by Crippen LogP contribution is 2.28. The molecule has 12 nitrogen and oxygen atoms in total. The summed E-state index contributed by atoms with van der Waals surface area (Å²) in [5, 5.41) is 6.99. The number of ether oxygens (including phenoxy) is 2. The zero-order chi connectivity index (χ0) is 37.2. The molecule has 2 aromatic carbocycles. The van der Waals surface area contributed by atoms with Crippen LogP contribution in [0.1, 0.15) is 124 Å². The third-order valence-electron chi connectivity index (χ3n) is 9.77. The van der Waals surface area contributed by atoms with Gasteiger partial charge in [-0.05, 0) is 78.4 Å². The number of likely N-dealkylation sites (tertiary alicyclic amines) is 2. The van der Waals surface area contributed by atoms with Gasteiger partial charge in [-0.15, -0.1) is 0 Å². The predicted octanol–water partition coefficient (Wildman–Crippen LogP) is 6.42. The third-order valence-corrected chi connectivity index (χ3v) is 9.77. The molecular weight excluding hydrogens is 660 g/mol. The standard InChI is InChI=1S/C40H52N6O6/c1-39(2,3)51-37(49)45-21-7-9-31(45)35-41-23-29(43-35)25-11-15-27(16-12-25)33(47)19-20-34(48)28-17-13-26(14-18-28)30-24-42-36(44-30)32-10-8-22-46(32)38(50)52-40(4,5)6/h11-18,29-32H,7-10,19-24H2,1-6H3,(H,41,43)(H,42,44). The highest BCUT2D eigenvalue weighted by Gasteiger charge is 2.39. The first-order chi connectivity index (χ1) is 24.6. The summed E-state index contributed by atoms with van der Waals surface area (Å²) in [7, 11) is 0. The fraction of sp³-hybridized carbons (Fsp3) is 0.550. The highest BCUT2D eigenvalue weighted by atomic mass is 16.6. The molecule has 2 aromatic rings. The van der Waals surface area contributed by atoms with Crippen molar-refractivity contribution in [3.63, 3.8) is 0 Å². The summed E-state index contributed by atoms with van der Waals surface area (Å²) in [5.41, 5.74) is 2.02. The summed E-state index contributed by atoms with van der Waals surface area (Å²) in [6.07, 6.45) is 3.06. The highest BCUT2D eigenvalue weighted by molar-refractivity contribution is 6.02. The normalized spacial score (nSPS) is 23.1. The second kappa shape index (κ2) is 15.1. The molecule has 0 aromatic heterocycles. The van der Waals surface area contributed by atoms with Crippen molar-refractivity contribution in [2.24, 2.45) is 9.98 Å². The predicted molar refractivity (Wildman–Crippen MR) is 199 cm³/mol. The van der Waals surface area contributed by atoms with Crippen molar-refractivity contribution in [2.45, 2.75) is 115 Å². The van der Waals surface area contributed by atoms with Gasteiger partial charge in [0, 0.05) is 37.1 Å². The average Bonchev–Trinajstić information content (AvgIpc) is 3.92. The van der Waals surface area contributed by atoms with Crippen LogP contribution in [-0.4, -0.2) is 94.7 Å². The quantitative estimate of drug-likeness (QED) is 0.284. The van der Waals surface area contributed by atoms with Gasteiger partial charge >= 0.3 is 12.2 Å². The van der Waals surface area contributed by atoms with E-state index in [-0.39, 0.29) is 60.8 Å². The number of ketones is 2. The van der Waals surface area contributed by atoms with E-state index in [2.05, 4.69) is 10.6 Å². The number of aliphatic imine (C=N–C) groups is 2. The first kappa shape index (κ1) is 37.0. The molecule has 2 saturated heterocycles. The molecule has 6 rings (SSSR count). The van der Waals surface area contributed by atoms with Crippen molar-refractivity contribution in [3.05, 3.63) is 70.8 Å². The summed E-state index contributed by atoms with van der Waals surface area (Å²) in [6.45, 7) is 13.6. The minimum absolute atomic E-state index is 0.0444. The van der Waals surface area contributed by atoms with E-state index in [1.165, 1.54) is 0 Å². The van der Waals surface area contributed by atoms with Gasteiger partial charge in [-0.2, -0.15) is 0 Å². The topological polar surface area (TPSA) is 142 Å². The van der Waals surface area contributed by atoms with Gasteiger partial charge in [0.1, 0.15) is 22.9 Å². The van der Waals surface area contributed by atoms with Crippen LogP contribution >= 0.6 is 0 Å². The van der Waals surface area contributed by atoms with Crippen LogP contribution in [0.3, 0.4) is 0 Å². The minimum Gasteiger partial charge on any atom is -0.444 e. The van der Waals surface area contributed by atoms with Gasteiger partial charge in [-0.25, -0.2) is 9.59 Å². The van der Waals surface area contributed by atoms with Crippen molar-refractivity contribution < 1.29 is 28.7 Å². The Morgan fingerprint density at radius 1 is 0.635 bits per heavy atom. The number of hydrogen-bond donors (Lipinski definition) is 2. The maximum atomic E-state index is 13.0. The van der Waals surface area contributed by atoms with Gasteiger partial charge in [0.05, 0.1) is 37.3 Å². The van der Waals surface area contributed by atoms with Crippen molar-refractivity contribution >= 4 is 35.4 Å². The van der Waals surface area contributed by atoms with Gasteiger partial charge < -0.3 is 20.1 Å². The lowest BCUT2D eigenvalue weighted by atomic mass is 9.98. The maximum Gasteiger partial charge on any atom is 0.410 e. The number of carbonyl (C=O) groups is 4. The number of hydrogen-bond acceptors (Lipinski definition) is 10. The smallest absolute Gasteiger partial charge is 0.410 e. The molecule has 0 radical (unpaired) electrons. The van der Waals surface area contributed by atoms with Crippen molar-refractivity contribution in [2.75, 3.05) is 26.2 Å². The number of amides is 2. The number of amidine groups is 2. The molecule has 0 spiro atoms. The largest absolute Gasteiger partial charge is 0.444 e. The molecular formula is C40H52N6O6. The number of Topliss-reactive ketones (excluding diaryl/α,β-unsaturated/α-hetero) is 2. The number of nitrogens with one attached hydrogen (secondary N) is 2. The monoisotopic (exact) mass is 712 g/mol. The zero-order valence-electron chi connectivity index (χ0n) is 31.2. The second-order valence-electron chi connectivity index (χ2n) is 16.1. The first-order valence-corrected chi connectivity index (χ1v) is 18.5. The Bertz CT molecular complexity index is 1590. The van der Waals surface area contributed by atoms with Crippen molar-refractivity contribution in [1.82, 2.24) is 20.4 Å². The van der Waals surface area contributed by atoms with Crippen LogP contribution < -0.4 is 10.6 Å². The van der Waals surface area contributed by atoms with Gasteiger partial charge in [0.25, 0.3) is 0 Å². The summed E-state index contributed by atoms with van der Waals surface area (Å²) in [6, 6.07) is 14.6. The van der Waals surface area contributed by atoms with Crippen molar-refractivity contribution in [3.8, 4) is 0 Å². The lowest BCUT2D eigenvalue weighted by molar-refractivity contribution is 0.0254. The molecule has 4 unspecified atom stereocenters. The Kier molecular flexibility index (Phi) is 10.7. The molecule has 0 saturated carbocycles. The van der Waals surface area contributed by atoms with Gasteiger partial charge in [0.2, 0.25) is 0 Å². The summed E-state index contributed by atoms with van der Waals surface area (Å²) in [4.78, 5) is 64.6. The first-order valence-electron chi connectivity index (χ1n) is 18.5. The number of rotatable bonds is 9. The summed E-state index contributed by atoms with van der Waals surface area (Å²) >= 11 is 0. The minimum atomic E-state index is -0.559. The molecule has 4 aliphatic rings. The molecule has 2 amide bonds. The average molecular weight is 713 g/mol. The molecule has 2 N–H and O–H groups in total. The molecule has 4 atom stereocenters. The van der Waals surface area contributed by atoms with E-state index in [0.29, 0.717) is 37.3 Å². The number of nitrogens with zero attached hydrogens (tertiary/aromatic N) is 4. The molecule has 4 aliphatic heterocycles. The van der Waals surface area contributed by atoms with E-state index in [1.54, 1.807) is 9.80 Å². The molecule has 12 heteroatoms. The summed E-state index contributed by atoms with van der Waals surface area (Å²) in [5.74, 6) is 1.43. The van der Waals surface area contributed by atoms with Crippen molar-refractivity contribution in [1.29, 1.82) is 0 Å². The second-order valence-corrected chi connectivity index (χ2v) is 16.1. The van der Waals surface area contributed by atoms with Crippen LogP contribution in [0, 0.1) is 0 Å². The van der Waals surface area contributed by atoms with Gasteiger partial charge in [0.15, 0.2) is 11.6 Å². The Labute approximate surface area is 306 Å². The summed E-state index contributed by atoms with van der Waals surface area (Å²) < 4.78 is 11.2. The third kappa shape index (κ3) is 8.82. The van der Waals surface area contributed by atoms with E-state index in [1.807, 2.05) is 90.1 Å². The Hall–Kier alpha value is -4.74. The van der Waals surface area contributed by atoms with E-state index in [9.17, 15) is 19.2 Å². The molecule has 0 aliphatic carbocycles. The molecule has 52 heavy (non-hydrogen) atoms. The fourth-order valence-electron chi connectivity index (χ4n) is 7.20. The van der Waals surface area contributed by atoms with Crippen LogP contribution in [0.4, 0.5) is 9.59 Å². The van der Waals surface area contributed by atoms with Gasteiger partial charge in [-0.3, -0.25) is 29.4 Å². The van der Waals surface area contributed by atoms with Crippen LogP contribution in [0.25, 0.3) is 0 Å².